The van der Waals surface area contributed by atoms with E-state index in [9.17, 15) is 13.2 Å². The van der Waals surface area contributed by atoms with Crippen LogP contribution in [0.15, 0.2) is 6.33 Å². The molecule has 0 radical (unpaired) electrons. The molecule has 0 spiro atoms. The summed E-state index contributed by atoms with van der Waals surface area (Å²) < 4.78 is 38.2. The maximum atomic E-state index is 12.7. The first kappa shape index (κ1) is 14.4. The Hall–Kier alpha value is -2.06. The molecule has 6 nitrogen and oxygen atoms in total. The van der Waals surface area contributed by atoms with E-state index in [1.54, 1.807) is 20.9 Å². The topological polar surface area (TPSA) is 69.7 Å². The molecule has 0 saturated carbocycles. The van der Waals surface area contributed by atoms with Gasteiger partial charge in [0.2, 0.25) is 5.95 Å². The lowest BCUT2D eigenvalue weighted by Crippen LogP contribution is -2.40. The Labute approximate surface area is 113 Å². The highest BCUT2D eigenvalue weighted by atomic mass is 19.4. The number of nitrogens with one attached hydrogen (secondary N) is 2. The molecule has 0 aliphatic carbocycles. The van der Waals surface area contributed by atoms with Gasteiger partial charge in [-0.2, -0.15) is 23.1 Å². The van der Waals surface area contributed by atoms with Crippen molar-refractivity contribution < 1.29 is 13.2 Å². The quantitative estimate of drug-likeness (QED) is 0.902. The van der Waals surface area contributed by atoms with Crippen LogP contribution in [0.1, 0.15) is 13.8 Å². The summed E-state index contributed by atoms with van der Waals surface area (Å²) in [7, 11) is 1.60. The predicted molar refractivity (Wildman–Crippen MR) is 69.8 cm³/mol. The van der Waals surface area contributed by atoms with Gasteiger partial charge >= 0.3 is 6.18 Å². The van der Waals surface area contributed by atoms with Gasteiger partial charge in [-0.3, -0.25) is 0 Å². The van der Waals surface area contributed by atoms with Crippen molar-refractivity contribution in [1.82, 2.24) is 19.9 Å². The average Bonchev–Trinajstić information content (AvgIpc) is 2.81. The van der Waals surface area contributed by atoms with E-state index in [1.165, 1.54) is 11.2 Å². The standard InChI is InChI=1S/C11H15F3N6/c1-6(2)20(4-11(12,13)14)9-7-8(17-5-16-7)18-10(15-3)19-9/h5-6H,4H2,1-3H3,(H2,15,16,17,18,19). The molecular weight excluding hydrogens is 273 g/mol. The second-order valence-corrected chi connectivity index (χ2v) is 4.56. The van der Waals surface area contributed by atoms with E-state index in [1.807, 2.05) is 0 Å². The molecular formula is C11H15F3N6. The van der Waals surface area contributed by atoms with Crippen molar-refractivity contribution in [2.24, 2.45) is 0 Å². The van der Waals surface area contributed by atoms with Gasteiger partial charge in [0, 0.05) is 13.1 Å². The third-order valence-corrected chi connectivity index (χ3v) is 2.74. The summed E-state index contributed by atoms with van der Waals surface area (Å²) in [6.07, 6.45) is -2.93. The van der Waals surface area contributed by atoms with Crippen LogP contribution >= 0.6 is 0 Å². The highest BCUT2D eigenvalue weighted by Gasteiger charge is 2.33. The van der Waals surface area contributed by atoms with Crippen LogP contribution in [0.5, 0.6) is 0 Å². The van der Waals surface area contributed by atoms with Crippen molar-refractivity contribution in [1.29, 1.82) is 0 Å². The summed E-state index contributed by atoms with van der Waals surface area (Å²) in [5.41, 5.74) is 0.717. The van der Waals surface area contributed by atoms with E-state index in [0.29, 0.717) is 11.2 Å². The molecule has 0 fully saturated rings. The first-order chi connectivity index (χ1) is 9.31. The van der Waals surface area contributed by atoms with Crippen LogP contribution < -0.4 is 10.2 Å². The number of hydrogen-bond donors (Lipinski definition) is 2. The van der Waals surface area contributed by atoms with E-state index in [-0.39, 0.29) is 17.8 Å². The van der Waals surface area contributed by atoms with E-state index >= 15 is 0 Å². The Morgan fingerprint density at radius 1 is 1.35 bits per heavy atom. The first-order valence-electron chi connectivity index (χ1n) is 6.04. The number of rotatable bonds is 4. The van der Waals surface area contributed by atoms with Gasteiger partial charge in [-0.15, -0.1) is 0 Å². The zero-order valence-electron chi connectivity index (χ0n) is 11.3. The minimum atomic E-state index is -4.32. The Balaban J connectivity index is 2.54. The highest BCUT2D eigenvalue weighted by Crippen LogP contribution is 2.28. The Kier molecular flexibility index (Phi) is 3.69. The molecule has 2 N–H and O–H groups in total. The van der Waals surface area contributed by atoms with E-state index in [2.05, 4.69) is 25.3 Å². The number of anilines is 2. The van der Waals surface area contributed by atoms with Crippen LogP contribution in [-0.2, 0) is 0 Å². The number of aromatic amines is 1. The Bertz CT molecular complexity index is 591. The summed E-state index contributed by atoms with van der Waals surface area (Å²) >= 11 is 0. The van der Waals surface area contributed by atoms with Crippen LogP contribution in [-0.4, -0.2) is 45.7 Å². The lowest BCUT2D eigenvalue weighted by atomic mass is 10.3. The monoisotopic (exact) mass is 288 g/mol. The van der Waals surface area contributed by atoms with Crippen LogP contribution in [0.4, 0.5) is 24.9 Å². The van der Waals surface area contributed by atoms with Gasteiger partial charge in [0.15, 0.2) is 11.5 Å². The fraction of sp³-hybridized carbons (Fsp3) is 0.545. The minimum Gasteiger partial charge on any atom is -0.357 e. The van der Waals surface area contributed by atoms with Crippen molar-refractivity contribution in [3.05, 3.63) is 6.33 Å². The highest BCUT2D eigenvalue weighted by molar-refractivity contribution is 5.84. The summed E-state index contributed by atoms with van der Waals surface area (Å²) in [4.78, 5) is 16.1. The molecule has 0 amide bonds. The van der Waals surface area contributed by atoms with Gasteiger partial charge < -0.3 is 15.2 Å². The van der Waals surface area contributed by atoms with Crippen LogP contribution in [0.25, 0.3) is 11.2 Å². The molecule has 0 aromatic carbocycles. The minimum absolute atomic E-state index is 0.184. The van der Waals surface area contributed by atoms with Crippen LogP contribution in [0.3, 0.4) is 0 Å². The number of halogens is 3. The van der Waals surface area contributed by atoms with Crippen molar-refractivity contribution in [2.45, 2.75) is 26.1 Å². The molecule has 0 atom stereocenters. The zero-order valence-corrected chi connectivity index (χ0v) is 11.3. The second-order valence-electron chi connectivity index (χ2n) is 4.56. The summed E-state index contributed by atoms with van der Waals surface area (Å²) in [6.45, 7) is 2.27. The summed E-state index contributed by atoms with van der Waals surface area (Å²) in [5, 5.41) is 2.72. The maximum Gasteiger partial charge on any atom is 0.405 e. The largest absolute Gasteiger partial charge is 0.405 e. The third-order valence-electron chi connectivity index (χ3n) is 2.74. The number of H-pyrrole nitrogens is 1. The second kappa shape index (κ2) is 5.14. The molecule has 0 bridgehead atoms. The van der Waals surface area contributed by atoms with Gasteiger partial charge in [-0.1, -0.05) is 0 Å². The van der Waals surface area contributed by atoms with Gasteiger partial charge in [0.25, 0.3) is 0 Å². The predicted octanol–water partition coefficient (Wildman–Crippen LogP) is 2.17. The molecule has 110 valence electrons. The number of hydrogen-bond acceptors (Lipinski definition) is 5. The molecule has 2 rings (SSSR count). The van der Waals surface area contributed by atoms with Crippen LogP contribution in [0.2, 0.25) is 0 Å². The van der Waals surface area contributed by atoms with Crippen molar-refractivity contribution >= 4 is 22.9 Å². The number of imidazole rings is 1. The molecule has 20 heavy (non-hydrogen) atoms. The number of nitrogens with zero attached hydrogens (tertiary/aromatic N) is 4. The lowest BCUT2D eigenvalue weighted by Gasteiger charge is -2.29. The fourth-order valence-corrected chi connectivity index (χ4v) is 1.83. The SMILES string of the molecule is CNc1nc(N(CC(F)(F)F)C(C)C)c2[nH]cnc2n1. The molecule has 2 aromatic rings. The zero-order chi connectivity index (χ0) is 14.9. The van der Waals surface area contributed by atoms with E-state index in [0.717, 1.165) is 0 Å². The van der Waals surface area contributed by atoms with Crippen molar-refractivity contribution in [2.75, 3.05) is 23.8 Å². The van der Waals surface area contributed by atoms with Crippen molar-refractivity contribution in [3.8, 4) is 0 Å². The van der Waals surface area contributed by atoms with Gasteiger partial charge in [-0.25, -0.2) is 4.98 Å². The number of fused-ring (bicyclic) bond motifs is 1. The Morgan fingerprint density at radius 3 is 2.60 bits per heavy atom. The molecule has 0 saturated heterocycles. The molecule has 0 unspecified atom stereocenters. The van der Waals surface area contributed by atoms with E-state index in [4.69, 9.17) is 0 Å². The number of alkyl halides is 3. The third kappa shape index (κ3) is 2.91. The first-order valence-corrected chi connectivity index (χ1v) is 6.04. The van der Waals surface area contributed by atoms with Gasteiger partial charge in [0.1, 0.15) is 12.1 Å². The summed E-state index contributed by atoms with van der Waals surface area (Å²) in [6, 6.07) is -0.372. The number of aromatic nitrogens is 4. The van der Waals surface area contributed by atoms with Crippen LogP contribution in [0, 0.1) is 0 Å². The van der Waals surface area contributed by atoms with Gasteiger partial charge in [0.05, 0.1) is 6.33 Å². The molecule has 0 aliphatic rings. The maximum absolute atomic E-state index is 12.7. The molecule has 2 aromatic heterocycles. The van der Waals surface area contributed by atoms with E-state index < -0.39 is 12.7 Å². The van der Waals surface area contributed by atoms with Crippen molar-refractivity contribution in [3.63, 3.8) is 0 Å². The molecule has 2 heterocycles. The molecule has 0 aliphatic heterocycles. The Morgan fingerprint density at radius 2 is 2.05 bits per heavy atom. The lowest BCUT2D eigenvalue weighted by molar-refractivity contribution is -0.120. The fourth-order valence-electron chi connectivity index (χ4n) is 1.83. The molecule has 9 heteroatoms. The van der Waals surface area contributed by atoms with Gasteiger partial charge in [-0.05, 0) is 13.8 Å². The average molecular weight is 288 g/mol. The normalized spacial score (nSPS) is 12.2. The summed E-state index contributed by atoms with van der Waals surface area (Å²) in [5.74, 6) is 0.414. The smallest absolute Gasteiger partial charge is 0.357 e.